The van der Waals surface area contributed by atoms with E-state index >= 15 is 0 Å². The van der Waals surface area contributed by atoms with Crippen LogP contribution in [-0.4, -0.2) is 14.9 Å². The molecule has 1 atom stereocenters. The van der Waals surface area contributed by atoms with Crippen molar-refractivity contribution in [2.45, 2.75) is 4.90 Å². The molecular weight excluding hydrogens is 211 g/mol. The van der Waals surface area contributed by atoms with E-state index in [9.17, 15) is 0 Å². The van der Waals surface area contributed by atoms with E-state index in [4.69, 9.17) is 0 Å². The van der Waals surface area contributed by atoms with Crippen molar-refractivity contribution in [3.63, 3.8) is 0 Å². The van der Waals surface area contributed by atoms with Crippen molar-refractivity contribution in [2.75, 3.05) is 0 Å². The predicted octanol–water partition coefficient (Wildman–Crippen LogP) is 1.87. The Morgan fingerprint density at radius 2 is 2.10 bits per heavy atom. The minimum absolute atomic E-state index is 0.385. The third-order valence-corrected chi connectivity index (χ3v) is 4.26. The number of hydrogen-bond acceptors (Lipinski definition) is 2. The first kappa shape index (κ1) is 6.40. The van der Waals surface area contributed by atoms with Gasteiger partial charge in [0.1, 0.15) is 0 Å². The van der Waals surface area contributed by atoms with Crippen LogP contribution in [0.1, 0.15) is 0 Å². The van der Waals surface area contributed by atoms with Crippen molar-refractivity contribution in [2.24, 2.45) is 9.63 Å². The van der Waals surface area contributed by atoms with Gasteiger partial charge in [0.15, 0.2) is 0 Å². The van der Waals surface area contributed by atoms with E-state index in [1.165, 1.54) is 4.90 Å². The predicted molar refractivity (Wildman–Crippen MR) is 45.4 cm³/mol. The van der Waals surface area contributed by atoms with Gasteiger partial charge in [-0.25, -0.2) is 0 Å². The number of benzene rings is 1. The van der Waals surface area contributed by atoms with Crippen molar-refractivity contribution < 1.29 is 0 Å². The van der Waals surface area contributed by atoms with Gasteiger partial charge in [0.2, 0.25) is 0 Å². The Labute approximate surface area is 69.1 Å². The van der Waals surface area contributed by atoms with E-state index in [0.29, 0.717) is 0 Å². The summed E-state index contributed by atoms with van der Waals surface area (Å²) in [4.78, 5) is 1.28. The normalized spacial score (nSPS) is 24.7. The first-order valence-corrected chi connectivity index (χ1v) is 6.64. The Morgan fingerprint density at radius 3 is 2.90 bits per heavy atom. The van der Waals surface area contributed by atoms with Crippen LogP contribution in [0, 0.1) is 0 Å². The van der Waals surface area contributed by atoms with E-state index in [0.717, 1.165) is 5.69 Å². The summed E-state index contributed by atoms with van der Waals surface area (Å²) in [7, 11) is -0.385. The van der Waals surface area contributed by atoms with E-state index in [1.807, 2.05) is 18.2 Å². The van der Waals surface area contributed by atoms with Crippen LogP contribution in [0.5, 0.6) is 0 Å². The number of thiol groups is 1. The number of nitrogens with zero attached hydrogens (tertiary/aromatic N) is 2. The fourth-order valence-corrected chi connectivity index (χ4v) is 2.99. The fourth-order valence-electron chi connectivity index (χ4n) is 0.857. The average molecular weight is 217 g/mol. The quantitative estimate of drug-likeness (QED) is 0.507. The summed E-state index contributed by atoms with van der Waals surface area (Å²) < 4.78 is 4.07. The van der Waals surface area contributed by atoms with Crippen LogP contribution < -0.4 is 0 Å². The molecule has 4 heteroatoms. The van der Waals surface area contributed by atoms with Gasteiger partial charge in [-0.3, -0.25) is 0 Å². The van der Waals surface area contributed by atoms with Crippen LogP contribution >= 0.6 is 9.50 Å². The Kier molecular flexibility index (Phi) is 1.52. The Bertz CT molecular complexity index is 287. The minimum atomic E-state index is -0.385. The summed E-state index contributed by atoms with van der Waals surface area (Å²) in [6.45, 7) is 0. The van der Waals surface area contributed by atoms with E-state index in [2.05, 4.69) is 30.6 Å². The molecule has 0 spiro atoms. The zero-order valence-electron chi connectivity index (χ0n) is 5.10. The zero-order chi connectivity index (χ0) is 6.97. The molecule has 0 aliphatic carbocycles. The molecule has 1 aromatic rings. The zero-order valence-corrected chi connectivity index (χ0v) is 7.87. The van der Waals surface area contributed by atoms with Crippen molar-refractivity contribution in [1.29, 1.82) is 0 Å². The van der Waals surface area contributed by atoms with E-state index < -0.39 is 0 Å². The Morgan fingerprint density at radius 1 is 1.30 bits per heavy atom. The van der Waals surface area contributed by atoms with Crippen molar-refractivity contribution in [1.82, 2.24) is 0 Å². The molecule has 1 heterocycles. The average Bonchev–Trinajstić information content (AvgIpc) is 2.34. The molecule has 0 N–H and O–H groups in total. The molecule has 0 saturated carbocycles. The first-order valence-electron chi connectivity index (χ1n) is 2.87. The van der Waals surface area contributed by atoms with E-state index in [1.54, 1.807) is 0 Å². The molecular formula is C6H6N2SSe. The summed E-state index contributed by atoms with van der Waals surface area (Å²) in [6.07, 6.45) is 0. The number of rotatable bonds is 0. The van der Waals surface area contributed by atoms with Gasteiger partial charge in [-0.05, 0) is 0 Å². The maximum absolute atomic E-state index is 4.07. The van der Waals surface area contributed by atoms with Crippen LogP contribution in [0.25, 0.3) is 0 Å². The third kappa shape index (κ3) is 0.888. The van der Waals surface area contributed by atoms with Gasteiger partial charge in [0.25, 0.3) is 0 Å². The molecule has 1 unspecified atom stereocenters. The molecule has 2 nitrogen and oxygen atoms in total. The SMILES string of the molecule is [SeH][SH]1N=Nc2ccccc21. The molecule has 1 aliphatic rings. The van der Waals surface area contributed by atoms with Crippen molar-refractivity contribution >= 4 is 30.1 Å². The Hall–Kier alpha value is -0.311. The summed E-state index contributed by atoms with van der Waals surface area (Å²) in [5, 5.41) is 4.02. The summed E-state index contributed by atoms with van der Waals surface area (Å²) in [5.41, 5.74) is 1.04. The molecule has 1 aliphatic heterocycles. The van der Waals surface area contributed by atoms with Gasteiger partial charge in [-0.15, -0.1) is 0 Å². The van der Waals surface area contributed by atoms with Crippen LogP contribution in [-0.2, 0) is 0 Å². The molecule has 0 amide bonds. The van der Waals surface area contributed by atoms with Gasteiger partial charge in [0.05, 0.1) is 0 Å². The van der Waals surface area contributed by atoms with Gasteiger partial charge in [-0.2, -0.15) is 0 Å². The van der Waals surface area contributed by atoms with Crippen molar-refractivity contribution in [3.05, 3.63) is 24.3 Å². The van der Waals surface area contributed by atoms with Crippen LogP contribution in [0.4, 0.5) is 5.69 Å². The summed E-state index contributed by atoms with van der Waals surface area (Å²) in [6, 6.07) is 8.09. The second-order valence-electron chi connectivity index (χ2n) is 1.97. The van der Waals surface area contributed by atoms with Crippen LogP contribution in [0.15, 0.2) is 38.8 Å². The van der Waals surface area contributed by atoms with Crippen molar-refractivity contribution in [3.8, 4) is 0 Å². The summed E-state index contributed by atoms with van der Waals surface area (Å²) in [5.74, 6) is 0. The second-order valence-corrected chi connectivity index (χ2v) is 5.59. The monoisotopic (exact) mass is 218 g/mol. The van der Waals surface area contributed by atoms with Gasteiger partial charge < -0.3 is 0 Å². The number of fused-ring (bicyclic) bond motifs is 1. The molecule has 0 saturated heterocycles. The van der Waals surface area contributed by atoms with Gasteiger partial charge in [0, 0.05) is 0 Å². The molecule has 2 rings (SSSR count). The molecule has 52 valence electrons. The summed E-state index contributed by atoms with van der Waals surface area (Å²) >= 11 is 2.56. The fraction of sp³-hybridized carbons (Fsp3) is 0. The molecule has 1 aromatic carbocycles. The van der Waals surface area contributed by atoms with E-state index in [-0.39, 0.29) is 9.50 Å². The van der Waals surface area contributed by atoms with Gasteiger partial charge >= 0.3 is 68.9 Å². The van der Waals surface area contributed by atoms with Crippen LogP contribution in [0.2, 0.25) is 0 Å². The van der Waals surface area contributed by atoms with Crippen LogP contribution in [0.3, 0.4) is 0 Å². The third-order valence-electron chi connectivity index (χ3n) is 1.33. The molecule has 10 heavy (non-hydrogen) atoms. The maximum atomic E-state index is 4.07. The first-order chi connectivity index (χ1) is 4.88. The molecule has 0 bridgehead atoms. The number of hydrogen-bond donors (Lipinski definition) is 1. The molecule has 0 aromatic heterocycles. The Balaban J connectivity index is 2.59. The standard InChI is InChI=1S/C6H6N2SSe/c10-9-6-4-2-1-3-5(6)7-8-9/h1-4,9-10H. The van der Waals surface area contributed by atoms with Gasteiger partial charge in [-0.1, -0.05) is 0 Å². The molecule has 0 radical (unpaired) electrons. The molecule has 0 fully saturated rings. The second kappa shape index (κ2) is 2.38. The topological polar surface area (TPSA) is 24.7 Å².